The van der Waals surface area contributed by atoms with E-state index in [1.54, 1.807) is 0 Å². The Balaban J connectivity index is 1.71. The molecule has 1 N–H and O–H groups in total. The summed E-state index contributed by atoms with van der Waals surface area (Å²) in [5.74, 6) is -0.624. The molecule has 0 radical (unpaired) electrons. The van der Waals surface area contributed by atoms with Gasteiger partial charge < -0.3 is 14.8 Å². The monoisotopic (exact) mass is 472 g/mol. The summed E-state index contributed by atoms with van der Waals surface area (Å²) in [6.45, 7) is 0.265. The second-order valence-electron chi connectivity index (χ2n) is 7.19. The molecule has 1 aliphatic rings. The van der Waals surface area contributed by atoms with Gasteiger partial charge in [-0.3, -0.25) is 4.79 Å². The Morgan fingerprint density at radius 3 is 2.47 bits per heavy atom. The standard InChI is InChI=1S/C21H23F3N2O5S/c1-30-18-9-8-16(13-19(18)32(28,29)26-10-3-2-4-11-26)25-20(27)14-31-17-7-5-6-15(12-17)21(22,23)24/h5-9,12-13H,2-4,10-11,14H2,1H3,(H,25,27). The number of amides is 1. The predicted molar refractivity (Wildman–Crippen MR) is 111 cm³/mol. The number of hydrogen-bond acceptors (Lipinski definition) is 5. The Morgan fingerprint density at radius 1 is 1.09 bits per heavy atom. The van der Waals surface area contributed by atoms with Crippen molar-refractivity contribution in [3.8, 4) is 11.5 Å². The van der Waals surface area contributed by atoms with E-state index < -0.39 is 34.3 Å². The van der Waals surface area contributed by atoms with Gasteiger partial charge in [-0.05, 0) is 49.2 Å². The highest BCUT2D eigenvalue weighted by Gasteiger charge is 2.31. The quantitative estimate of drug-likeness (QED) is 0.661. The number of piperidine rings is 1. The minimum Gasteiger partial charge on any atom is -0.495 e. The number of sulfonamides is 1. The molecule has 1 fully saturated rings. The second kappa shape index (κ2) is 9.78. The number of rotatable bonds is 7. The van der Waals surface area contributed by atoms with Crippen LogP contribution < -0.4 is 14.8 Å². The lowest BCUT2D eigenvalue weighted by Crippen LogP contribution is -2.35. The van der Waals surface area contributed by atoms with Gasteiger partial charge in [-0.25, -0.2) is 8.42 Å². The van der Waals surface area contributed by atoms with Gasteiger partial charge in [0.05, 0.1) is 12.7 Å². The minimum absolute atomic E-state index is 0.0708. The van der Waals surface area contributed by atoms with Crippen molar-refractivity contribution in [1.29, 1.82) is 0 Å². The molecule has 0 aliphatic carbocycles. The molecule has 2 aromatic carbocycles. The van der Waals surface area contributed by atoms with Crippen LogP contribution in [0.1, 0.15) is 24.8 Å². The number of benzene rings is 2. The highest BCUT2D eigenvalue weighted by atomic mass is 32.2. The fourth-order valence-electron chi connectivity index (χ4n) is 3.31. The first-order valence-corrected chi connectivity index (χ1v) is 11.3. The highest BCUT2D eigenvalue weighted by Crippen LogP contribution is 2.32. The van der Waals surface area contributed by atoms with Gasteiger partial charge in [-0.15, -0.1) is 0 Å². The van der Waals surface area contributed by atoms with Crippen LogP contribution in [-0.2, 0) is 21.0 Å². The van der Waals surface area contributed by atoms with Gasteiger partial charge in [0.25, 0.3) is 5.91 Å². The van der Waals surface area contributed by atoms with Crippen LogP contribution in [-0.4, -0.2) is 45.4 Å². The average Bonchev–Trinajstić information content (AvgIpc) is 2.78. The van der Waals surface area contributed by atoms with Crippen molar-refractivity contribution in [3.63, 3.8) is 0 Å². The Bertz CT molecular complexity index is 1070. The summed E-state index contributed by atoms with van der Waals surface area (Å²) < 4.78 is 76.2. The lowest BCUT2D eigenvalue weighted by molar-refractivity contribution is -0.137. The van der Waals surface area contributed by atoms with Crippen molar-refractivity contribution in [3.05, 3.63) is 48.0 Å². The molecule has 11 heteroatoms. The summed E-state index contributed by atoms with van der Waals surface area (Å²) >= 11 is 0. The van der Waals surface area contributed by atoms with E-state index in [1.165, 1.54) is 41.7 Å². The SMILES string of the molecule is COc1ccc(NC(=O)COc2cccc(C(F)(F)F)c2)cc1S(=O)(=O)N1CCCCC1. The second-order valence-corrected chi connectivity index (χ2v) is 9.10. The maximum atomic E-state index is 13.0. The summed E-state index contributed by atoms with van der Waals surface area (Å²) in [5, 5.41) is 2.50. The third-order valence-electron chi connectivity index (χ3n) is 4.91. The number of methoxy groups -OCH3 is 1. The van der Waals surface area contributed by atoms with Crippen molar-refractivity contribution in [1.82, 2.24) is 4.31 Å². The van der Waals surface area contributed by atoms with Gasteiger partial charge in [-0.2, -0.15) is 17.5 Å². The van der Waals surface area contributed by atoms with Crippen LogP contribution in [0.5, 0.6) is 11.5 Å². The van der Waals surface area contributed by atoms with Crippen LogP contribution >= 0.6 is 0 Å². The minimum atomic E-state index is -4.53. The van der Waals surface area contributed by atoms with E-state index in [2.05, 4.69) is 5.32 Å². The summed E-state index contributed by atoms with van der Waals surface area (Å²) in [6, 6.07) is 8.37. The van der Waals surface area contributed by atoms with Crippen molar-refractivity contribution >= 4 is 21.6 Å². The molecular weight excluding hydrogens is 449 g/mol. The average molecular weight is 472 g/mol. The number of nitrogens with zero attached hydrogens (tertiary/aromatic N) is 1. The smallest absolute Gasteiger partial charge is 0.416 e. The van der Waals surface area contributed by atoms with Gasteiger partial charge in [-0.1, -0.05) is 12.5 Å². The van der Waals surface area contributed by atoms with Gasteiger partial charge in [0.15, 0.2) is 6.61 Å². The number of halogens is 3. The predicted octanol–water partition coefficient (Wildman–Crippen LogP) is 3.91. The summed E-state index contributed by atoms with van der Waals surface area (Å²) in [5.41, 5.74) is -0.697. The Hall–Kier alpha value is -2.79. The van der Waals surface area contributed by atoms with E-state index in [0.29, 0.717) is 13.1 Å². The number of hydrogen-bond donors (Lipinski definition) is 1. The Labute approximate surface area is 184 Å². The molecule has 0 unspecified atom stereocenters. The van der Waals surface area contributed by atoms with Crippen LogP contribution in [0.2, 0.25) is 0 Å². The molecule has 0 atom stereocenters. The molecule has 1 saturated heterocycles. The van der Waals surface area contributed by atoms with Crippen LogP contribution in [0.4, 0.5) is 18.9 Å². The lowest BCUT2D eigenvalue weighted by Gasteiger charge is -2.26. The topological polar surface area (TPSA) is 84.9 Å². The van der Waals surface area contributed by atoms with Gasteiger partial charge >= 0.3 is 6.18 Å². The van der Waals surface area contributed by atoms with E-state index in [0.717, 1.165) is 31.4 Å². The van der Waals surface area contributed by atoms with Crippen LogP contribution in [0.15, 0.2) is 47.4 Å². The molecule has 174 valence electrons. The number of alkyl halides is 3. The summed E-state index contributed by atoms with van der Waals surface area (Å²) in [4.78, 5) is 12.2. The van der Waals surface area contributed by atoms with Gasteiger partial charge in [0.2, 0.25) is 10.0 Å². The van der Waals surface area contributed by atoms with Gasteiger partial charge in [0, 0.05) is 18.8 Å². The van der Waals surface area contributed by atoms with Crippen molar-refractivity contribution in [2.24, 2.45) is 0 Å². The zero-order valence-electron chi connectivity index (χ0n) is 17.3. The molecule has 32 heavy (non-hydrogen) atoms. The molecule has 2 aromatic rings. The molecule has 0 bridgehead atoms. The molecule has 0 aromatic heterocycles. The Kier molecular flexibility index (Phi) is 7.29. The number of nitrogens with one attached hydrogen (secondary N) is 1. The number of carbonyl (C=O) groups is 1. The third kappa shape index (κ3) is 5.71. The fraction of sp³-hybridized carbons (Fsp3) is 0.381. The maximum absolute atomic E-state index is 13.0. The molecule has 1 amide bonds. The van der Waals surface area contributed by atoms with E-state index in [1.807, 2.05) is 0 Å². The fourth-order valence-corrected chi connectivity index (χ4v) is 5.01. The number of anilines is 1. The first-order valence-electron chi connectivity index (χ1n) is 9.89. The lowest BCUT2D eigenvalue weighted by atomic mass is 10.2. The zero-order chi connectivity index (χ0) is 23.4. The largest absolute Gasteiger partial charge is 0.495 e. The van der Waals surface area contributed by atoms with Crippen molar-refractivity contribution in [2.75, 3.05) is 32.1 Å². The van der Waals surface area contributed by atoms with Crippen molar-refractivity contribution in [2.45, 2.75) is 30.3 Å². The molecule has 0 spiro atoms. The summed E-state index contributed by atoms with van der Waals surface area (Å²) in [6.07, 6.45) is -2.03. The van der Waals surface area contributed by atoms with E-state index >= 15 is 0 Å². The number of ether oxygens (including phenoxy) is 2. The highest BCUT2D eigenvalue weighted by molar-refractivity contribution is 7.89. The molecule has 1 aliphatic heterocycles. The van der Waals surface area contributed by atoms with Gasteiger partial charge in [0.1, 0.15) is 16.4 Å². The first kappa shape index (κ1) is 23.9. The molecule has 1 heterocycles. The van der Waals surface area contributed by atoms with E-state index in [4.69, 9.17) is 9.47 Å². The van der Waals surface area contributed by atoms with Crippen LogP contribution in [0, 0.1) is 0 Å². The normalized spacial score (nSPS) is 15.2. The molecule has 0 saturated carbocycles. The molecular formula is C21H23F3N2O5S. The van der Waals surface area contributed by atoms with Crippen LogP contribution in [0.3, 0.4) is 0 Å². The van der Waals surface area contributed by atoms with Crippen molar-refractivity contribution < 1.29 is 35.9 Å². The molecule has 7 nitrogen and oxygen atoms in total. The third-order valence-corrected chi connectivity index (χ3v) is 6.83. The molecule has 3 rings (SSSR count). The van der Waals surface area contributed by atoms with Crippen LogP contribution in [0.25, 0.3) is 0 Å². The number of carbonyl (C=O) groups excluding carboxylic acids is 1. The Morgan fingerprint density at radius 2 is 1.81 bits per heavy atom. The van der Waals surface area contributed by atoms with E-state index in [9.17, 15) is 26.4 Å². The first-order chi connectivity index (χ1) is 15.1. The summed E-state index contributed by atoms with van der Waals surface area (Å²) in [7, 11) is -2.46. The van der Waals surface area contributed by atoms with E-state index in [-0.39, 0.29) is 22.1 Å². The zero-order valence-corrected chi connectivity index (χ0v) is 18.1. The maximum Gasteiger partial charge on any atom is 0.416 e.